The molecule has 4 heterocycles. The fraction of sp³-hybridized carbons (Fsp3) is 0.684. The molecule has 31 heavy (non-hydrogen) atoms. The molecule has 0 aliphatic carbocycles. The first kappa shape index (κ1) is 22.2. The van der Waals surface area contributed by atoms with Crippen LogP contribution < -0.4 is 9.58 Å². The van der Waals surface area contributed by atoms with E-state index in [-0.39, 0.29) is 6.10 Å². The summed E-state index contributed by atoms with van der Waals surface area (Å²) >= 11 is 0. The molecule has 2 N–H and O–H groups in total. The van der Waals surface area contributed by atoms with Crippen molar-refractivity contribution in [1.82, 2.24) is 14.5 Å². The summed E-state index contributed by atoms with van der Waals surface area (Å²) in [4.78, 5) is 8.70. The first-order chi connectivity index (χ1) is 14.8. The normalized spacial score (nSPS) is 27.0. The van der Waals surface area contributed by atoms with Gasteiger partial charge >= 0.3 is 13.7 Å². The van der Waals surface area contributed by atoms with Crippen LogP contribution >= 0.6 is 8.03 Å². The van der Waals surface area contributed by atoms with E-state index in [0.717, 1.165) is 17.8 Å². The quantitative estimate of drug-likeness (QED) is 0.454. The lowest BCUT2D eigenvalue weighted by Gasteiger charge is -2.17. The molecule has 12 heteroatoms. The van der Waals surface area contributed by atoms with E-state index in [1.54, 1.807) is 23.0 Å². The Labute approximate surface area is 181 Å². The van der Waals surface area contributed by atoms with Crippen molar-refractivity contribution in [1.29, 1.82) is 0 Å². The van der Waals surface area contributed by atoms with E-state index in [4.69, 9.17) is 9.26 Å². The summed E-state index contributed by atoms with van der Waals surface area (Å²) in [5, 5.41) is 27.6. The smallest absolute Gasteiger partial charge is 0.387 e. The highest BCUT2D eigenvalue weighted by atomic mass is 31.1. The van der Waals surface area contributed by atoms with Crippen LogP contribution in [0.4, 0.5) is 5.82 Å². The van der Waals surface area contributed by atoms with E-state index >= 15 is 0 Å². The van der Waals surface area contributed by atoms with Gasteiger partial charge in [0.05, 0.1) is 6.10 Å². The minimum absolute atomic E-state index is 0.328. The summed E-state index contributed by atoms with van der Waals surface area (Å²) in [6, 6.07) is 0. The Balaban J connectivity index is 1.60. The number of hydrogen-bond acceptors (Lipinski definition) is 9. The Bertz CT molecular complexity index is 1010. The van der Waals surface area contributed by atoms with Gasteiger partial charge in [-0.15, -0.1) is 9.63 Å². The van der Waals surface area contributed by atoms with Crippen LogP contribution in [0.3, 0.4) is 0 Å². The predicted octanol–water partition coefficient (Wildman–Crippen LogP) is 1.31. The molecule has 4 rings (SSSR count). The highest BCUT2D eigenvalue weighted by Crippen LogP contribution is 2.34. The van der Waals surface area contributed by atoms with Crippen LogP contribution in [0.25, 0.3) is 11.2 Å². The topological polar surface area (TPSA) is 126 Å². The summed E-state index contributed by atoms with van der Waals surface area (Å²) in [6.45, 7) is 5.75. The molecule has 2 aromatic rings. The summed E-state index contributed by atoms with van der Waals surface area (Å²) < 4.78 is 27.3. The zero-order chi connectivity index (χ0) is 22.3. The first-order valence-corrected chi connectivity index (χ1v) is 11.9. The van der Waals surface area contributed by atoms with Gasteiger partial charge in [-0.25, -0.2) is 14.1 Å². The van der Waals surface area contributed by atoms with Crippen LogP contribution in [0.5, 0.6) is 0 Å². The van der Waals surface area contributed by atoms with E-state index < -0.39 is 32.6 Å². The first-order valence-electron chi connectivity index (χ1n) is 10.5. The van der Waals surface area contributed by atoms with Crippen molar-refractivity contribution >= 4 is 30.8 Å². The van der Waals surface area contributed by atoms with Gasteiger partial charge in [0.1, 0.15) is 18.3 Å². The van der Waals surface area contributed by atoms with Crippen molar-refractivity contribution in [3.63, 3.8) is 0 Å². The highest BCUT2D eigenvalue weighted by Gasteiger charge is 2.48. The molecule has 168 valence electrons. The maximum Gasteiger partial charge on any atom is 0.508 e. The summed E-state index contributed by atoms with van der Waals surface area (Å²) in [5.41, 5.74) is 1.31. The molecule has 0 aromatic carbocycles. The van der Waals surface area contributed by atoms with Crippen LogP contribution in [0.2, 0.25) is 0 Å². The van der Waals surface area contributed by atoms with Crippen LogP contribution in [-0.2, 0) is 13.8 Å². The number of aliphatic hydroxyl groups is 2. The molecule has 11 nitrogen and oxygen atoms in total. The van der Waals surface area contributed by atoms with Gasteiger partial charge in [-0.3, -0.25) is 0 Å². The molecule has 2 aromatic heterocycles. The molecule has 0 saturated carbocycles. The highest BCUT2D eigenvalue weighted by molar-refractivity contribution is 7.39. The molecule has 1 fully saturated rings. The third-order valence-corrected chi connectivity index (χ3v) is 7.04. The Morgan fingerprint density at radius 2 is 2.10 bits per heavy atom. The van der Waals surface area contributed by atoms with Crippen molar-refractivity contribution in [2.24, 2.45) is 5.10 Å². The lowest BCUT2D eigenvalue weighted by molar-refractivity contribution is -0.745. The second-order valence-electron chi connectivity index (χ2n) is 7.91. The Hall–Kier alpha value is -2.04. The number of ether oxygens (including phenoxy) is 1. The minimum atomic E-state index is -1.75. The molecule has 0 bridgehead atoms. The van der Waals surface area contributed by atoms with E-state index in [0.29, 0.717) is 30.5 Å². The summed E-state index contributed by atoms with van der Waals surface area (Å²) in [7, 11) is 0.0587. The molecular formula is C19H29N6O5P+2. The van der Waals surface area contributed by atoms with Gasteiger partial charge in [-0.2, -0.15) is 4.98 Å². The molecule has 0 amide bonds. The lowest BCUT2D eigenvalue weighted by atomic mass is 10.0. The fourth-order valence-electron chi connectivity index (χ4n) is 4.08. The van der Waals surface area contributed by atoms with Gasteiger partial charge in [0.25, 0.3) is 0 Å². The van der Waals surface area contributed by atoms with Crippen molar-refractivity contribution < 1.29 is 28.6 Å². The molecule has 6 atom stereocenters. The Morgan fingerprint density at radius 1 is 1.32 bits per heavy atom. The Kier molecular flexibility index (Phi) is 6.32. The number of anilines is 1. The average Bonchev–Trinajstić information content (AvgIpc) is 3.25. The van der Waals surface area contributed by atoms with E-state index in [9.17, 15) is 14.8 Å². The lowest BCUT2D eigenvalue weighted by Crippen LogP contribution is -2.46. The van der Waals surface area contributed by atoms with Gasteiger partial charge in [-0.1, -0.05) is 18.8 Å². The van der Waals surface area contributed by atoms with Crippen LogP contribution in [0.1, 0.15) is 46.3 Å². The molecule has 0 radical (unpaired) electrons. The van der Waals surface area contributed by atoms with Crippen molar-refractivity contribution in [3.8, 4) is 0 Å². The van der Waals surface area contributed by atoms with Crippen molar-refractivity contribution in [3.05, 3.63) is 12.7 Å². The predicted molar refractivity (Wildman–Crippen MR) is 113 cm³/mol. The van der Waals surface area contributed by atoms with E-state index in [1.807, 2.05) is 25.3 Å². The zero-order valence-corrected chi connectivity index (χ0v) is 19.0. The number of aromatic nitrogens is 4. The third-order valence-electron chi connectivity index (χ3n) is 5.69. The second kappa shape index (κ2) is 8.84. The number of hydrazone groups is 1. The zero-order valence-electron chi connectivity index (χ0n) is 18.1. The van der Waals surface area contributed by atoms with Crippen molar-refractivity contribution in [2.75, 3.05) is 18.2 Å². The van der Waals surface area contributed by atoms with Gasteiger partial charge in [-0.05, 0) is 17.4 Å². The number of rotatable bonds is 8. The average molecular weight is 452 g/mol. The molecule has 2 aliphatic rings. The molecule has 4 unspecified atom stereocenters. The molecule has 2 aliphatic heterocycles. The SMILES string of the molecule is CCC[P+](=O)OC(CC)C[C@H]1OC([n+]2cn3c4c(ncnc42)N(C)N=C3C)[C@H](O)C1O. The molecule has 1 saturated heterocycles. The Morgan fingerprint density at radius 3 is 2.81 bits per heavy atom. The van der Waals surface area contributed by atoms with Crippen LogP contribution in [-0.4, -0.2) is 68.2 Å². The van der Waals surface area contributed by atoms with E-state index in [2.05, 4.69) is 15.1 Å². The molecular weight excluding hydrogens is 423 g/mol. The summed E-state index contributed by atoms with van der Waals surface area (Å²) in [6.07, 6.45) is 1.32. The van der Waals surface area contributed by atoms with Crippen LogP contribution in [0, 0.1) is 0 Å². The largest absolute Gasteiger partial charge is 0.508 e. The second-order valence-corrected chi connectivity index (χ2v) is 9.23. The summed E-state index contributed by atoms with van der Waals surface area (Å²) in [5.74, 6) is 1.36. The van der Waals surface area contributed by atoms with Gasteiger partial charge in [0.15, 0.2) is 30.5 Å². The third kappa shape index (κ3) is 3.96. The number of hydrogen-bond donors (Lipinski definition) is 2. The minimum Gasteiger partial charge on any atom is -0.387 e. The maximum atomic E-state index is 12.0. The monoisotopic (exact) mass is 452 g/mol. The standard InChI is InChI=1S/C19H29N6O5P/c1-5-7-31(28)30-12(6-2)8-13-15(26)16(27)19(29-13)25-10-24-11(3)22-23(4)17-14(24)18(25)21-9-20-17/h9-10,12-13,15-16,19,26-27H,5-8H2,1-4H3/q+2/t12?,13-,15?,16-,19?/m1/s1. The number of imidazole rings is 1. The van der Waals surface area contributed by atoms with E-state index in [1.165, 1.54) is 6.33 Å². The van der Waals surface area contributed by atoms with Gasteiger partial charge in [0, 0.05) is 20.4 Å². The van der Waals surface area contributed by atoms with Crippen LogP contribution in [0.15, 0.2) is 17.8 Å². The number of nitrogens with zero attached hydrogens (tertiary/aromatic N) is 6. The fourth-order valence-corrected chi connectivity index (χ4v) is 5.12. The van der Waals surface area contributed by atoms with Crippen molar-refractivity contribution in [2.45, 2.75) is 70.7 Å². The van der Waals surface area contributed by atoms with Gasteiger partial charge < -0.3 is 14.9 Å². The van der Waals surface area contributed by atoms with Gasteiger partial charge in [0.2, 0.25) is 11.7 Å². The maximum absolute atomic E-state index is 12.0. The number of aliphatic hydroxyl groups excluding tert-OH is 2. The molecule has 0 spiro atoms.